The summed E-state index contributed by atoms with van der Waals surface area (Å²) in [4.78, 5) is 24.9. The average molecular weight is 529 g/mol. The second-order valence-corrected chi connectivity index (χ2v) is 11.4. The van der Waals surface area contributed by atoms with Gasteiger partial charge in [-0.15, -0.1) is 11.3 Å². The van der Waals surface area contributed by atoms with Crippen LogP contribution < -0.4 is 21.7 Å². The Bertz CT molecular complexity index is 1390. The van der Waals surface area contributed by atoms with E-state index >= 15 is 4.39 Å². The van der Waals surface area contributed by atoms with Gasteiger partial charge in [0.1, 0.15) is 32.8 Å². The van der Waals surface area contributed by atoms with E-state index in [0.29, 0.717) is 60.6 Å². The first-order chi connectivity index (χ1) is 17.7. The van der Waals surface area contributed by atoms with Crippen LogP contribution in [0.25, 0.3) is 10.2 Å². The summed E-state index contributed by atoms with van der Waals surface area (Å²) in [7, 11) is 0. The van der Waals surface area contributed by atoms with E-state index < -0.39 is 5.82 Å². The van der Waals surface area contributed by atoms with E-state index in [1.165, 1.54) is 12.1 Å². The Morgan fingerprint density at radius 1 is 1.27 bits per heavy atom. The fourth-order valence-electron chi connectivity index (χ4n) is 5.84. The zero-order valence-corrected chi connectivity index (χ0v) is 21.5. The number of hydrogen-bond acceptors (Lipinski definition) is 8. The Morgan fingerprint density at radius 3 is 2.89 bits per heavy atom. The lowest BCUT2D eigenvalue weighted by Crippen LogP contribution is -2.51. The SMILES string of the molecule is Cc1nc2sc(C(=O)NC3CCc4nc(N5CC(N)C6(CCCCO6)C5)cc(F)c4C3)c(N)c2cc1F. The van der Waals surface area contributed by atoms with Gasteiger partial charge in [0.2, 0.25) is 0 Å². The molecule has 3 aliphatic rings. The number of nitrogens with one attached hydrogen (secondary N) is 1. The van der Waals surface area contributed by atoms with Gasteiger partial charge in [-0.3, -0.25) is 4.79 Å². The van der Waals surface area contributed by atoms with Crippen molar-refractivity contribution in [1.82, 2.24) is 15.3 Å². The predicted octanol–water partition coefficient (Wildman–Crippen LogP) is 3.23. The third-order valence-electron chi connectivity index (χ3n) is 7.97. The van der Waals surface area contributed by atoms with E-state index in [4.69, 9.17) is 21.2 Å². The van der Waals surface area contributed by atoms with Crippen LogP contribution >= 0.6 is 11.3 Å². The maximum absolute atomic E-state index is 15.3. The number of rotatable bonds is 3. The molecule has 11 heteroatoms. The molecule has 5 N–H and O–H groups in total. The highest BCUT2D eigenvalue weighted by atomic mass is 32.1. The third-order valence-corrected chi connectivity index (χ3v) is 9.09. The number of halogens is 2. The van der Waals surface area contributed by atoms with Crippen molar-refractivity contribution in [2.45, 2.75) is 63.1 Å². The molecule has 37 heavy (non-hydrogen) atoms. The number of aromatic nitrogens is 2. The summed E-state index contributed by atoms with van der Waals surface area (Å²) >= 11 is 1.13. The molecular weight excluding hydrogens is 498 g/mol. The highest BCUT2D eigenvalue weighted by Gasteiger charge is 2.47. The number of pyridine rings is 2. The highest BCUT2D eigenvalue weighted by molar-refractivity contribution is 7.21. The Kier molecular flexibility index (Phi) is 6.04. The molecule has 0 saturated carbocycles. The van der Waals surface area contributed by atoms with E-state index in [1.54, 1.807) is 6.92 Å². The van der Waals surface area contributed by atoms with Crippen LogP contribution in [0.3, 0.4) is 0 Å². The number of hydrogen-bond donors (Lipinski definition) is 3. The largest absolute Gasteiger partial charge is 0.397 e. The van der Waals surface area contributed by atoms with E-state index in [0.717, 1.165) is 36.3 Å². The van der Waals surface area contributed by atoms with Gasteiger partial charge in [0.15, 0.2) is 0 Å². The highest BCUT2D eigenvalue weighted by Crippen LogP contribution is 2.37. The summed E-state index contributed by atoms with van der Waals surface area (Å²) in [5, 5.41) is 3.41. The standard InChI is InChI=1S/C26H30F2N6O2S/c1-13-17(27)9-16-22(30)23(37-25(16)31-13)24(35)32-14-4-5-19-15(8-14)18(28)10-21(33-19)34-11-20(29)26(12-34)6-2-3-7-36-26/h9-10,14,20H,2-8,11-12,29-30H2,1H3,(H,32,35). The van der Waals surface area contributed by atoms with E-state index in [2.05, 4.69) is 10.3 Å². The van der Waals surface area contributed by atoms with Crippen LogP contribution in [-0.2, 0) is 17.6 Å². The molecule has 1 spiro atoms. The van der Waals surface area contributed by atoms with Crippen molar-refractivity contribution >= 4 is 39.0 Å². The minimum absolute atomic E-state index is 0.134. The van der Waals surface area contributed by atoms with Gasteiger partial charge in [0.25, 0.3) is 5.91 Å². The van der Waals surface area contributed by atoms with Gasteiger partial charge in [0, 0.05) is 41.9 Å². The zero-order chi connectivity index (χ0) is 25.9. The van der Waals surface area contributed by atoms with Gasteiger partial charge in [-0.2, -0.15) is 0 Å². The fraction of sp³-hybridized carbons (Fsp3) is 0.500. The van der Waals surface area contributed by atoms with Crippen molar-refractivity contribution < 1.29 is 18.3 Å². The number of amides is 1. The second-order valence-electron chi connectivity index (χ2n) is 10.4. The predicted molar refractivity (Wildman–Crippen MR) is 139 cm³/mol. The number of nitrogens with two attached hydrogens (primary N) is 2. The smallest absolute Gasteiger partial charge is 0.263 e. The number of fused-ring (bicyclic) bond motifs is 2. The van der Waals surface area contributed by atoms with Crippen LogP contribution in [0.2, 0.25) is 0 Å². The zero-order valence-electron chi connectivity index (χ0n) is 20.7. The molecule has 3 aromatic rings. The summed E-state index contributed by atoms with van der Waals surface area (Å²) in [5.74, 6) is -0.559. The topological polar surface area (TPSA) is 119 Å². The molecule has 2 aliphatic heterocycles. The van der Waals surface area contributed by atoms with Gasteiger partial charge in [-0.05, 0) is 51.5 Å². The Hall–Kier alpha value is -2.89. The lowest BCUT2D eigenvalue weighted by atomic mass is 9.89. The van der Waals surface area contributed by atoms with Crippen LogP contribution in [0.5, 0.6) is 0 Å². The summed E-state index contributed by atoms with van der Waals surface area (Å²) < 4.78 is 35.4. The molecule has 196 valence electrons. The van der Waals surface area contributed by atoms with Gasteiger partial charge < -0.3 is 26.4 Å². The lowest BCUT2D eigenvalue weighted by molar-refractivity contribution is -0.0717. The van der Waals surface area contributed by atoms with Crippen LogP contribution in [0.4, 0.5) is 20.3 Å². The second kappa shape index (κ2) is 9.14. The first kappa shape index (κ1) is 24.4. The number of nitrogens with zero attached hydrogens (tertiary/aromatic N) is 3. The van der Waals surface area contributed by atoms with E-state index in [9.17, 15) is 9.18 Å². The molecule has 3 unspecified atom stereocenters. The number of anilines is 2. The normalized spacial score (nSPS) is 25.6. The molecule has 3 aromatic heterocycles. The molecule has 3 atom stereocenters. The van der Waals surface area contributed by atoms with Crippen molar-refractivity contribution in [3.05, 3.63) is 45.6 Å². The van der Waals surface area contributed by atoms with Crippen molar-refractivity contribution in [2.24, 2.45) is 5.73 Å². The summed E-state index contributed by atoms with van der Waals surface area (Å²) in [6, 6.07) is 2.39. The first-order valence-corrected chi connectivity index (χ1v) is 13.5. The summed E-state index contributed by atoms with van der Waals surface area (Å²) in [6.45, 7) is 3.48. The molecule has 5 heterocycles. The monoisotopic (exact) mass is 528 g/mol. The molecular formula is C26H30F2N6O2S. The number of ether oxygens (including phenoxy) is 1. The molecule has 6 rings (SSSR count). The average Bonchev–Trinajstić information content (AvgIpc) is 3.36. The molecule has 0 aromatic carbocycles. The molecule has 1 aliphatic carbocycles. The molecule has 8 nitrogen and oxygen atoms in total. The summed E-state index contributed by atoms with van der Waals surface area (Å²) in [5.41, 5.74) is 13.9. The van der Waals surface area contributed by atoms with Crippen molar-refractivity contribution in [1.29, 1.82) is 0 Å². The van der Waals surface area contributed by atoms with E-state index in [-0.39, 0.29) is 45.7 Å². The van der Waals surface area contributed by atoms with Crippen LogP contribution in [0, 0.1) is 18.6 Å². The molecule has 0 radical (unpaired) electrons. The third kappa shape index (κ3) is 4.22. The number of carbonyl (C=O) groups excluding carboxylic acids is 1. The minimum atomic E-state index is -0.465. The Morgan fingerprint density at radius 2 is 2.11 bits per heavy atom. The van der Waals surface area contributed by atoms with Crippen molar-refractivity contribution in [3.63, 3.8) is 0 Å². The molecule has 2 fully saturated rings. The Labute approximate surface area is 217 Å². The lowest BCUT2D eigenvalue weighted by Gasteiger charge is -2.36. The maximum atomic E-state index is 15.3. The summed E-state index contributed by atoms with van der Waals surface area (Å²) in [6.07, 6.45) is 4.54. The maximum Gasteiger partial charge on any atom is 0.263 e. The minimum Gasteiger partial charge on any atom is -0.397 e. The Balaban J connectivity index is 1.18. The van der Waals surface area contributed by atoms with Crippen molar-refractivity contribution in [2.75, 3.05) is 30.3 Å². The van der Waals surface area contributed by atoms with Crippen molar-refractivity contribution in [3.8, 4) is 0 Å². The first-order valence-electron chi connectivity index (χ1n) is 12.7. The quantitative estimate of drug-likeness (QED) is 0.478. The fourth-order valence-corrected chi connectivity index (χ4v) is 6.87. The molecule has 1 amide bonds. The van der Waals surface area contributed by atoms with Gasteiger partial charge in [-0.25, -0.2) is 18.7 Å². The van der Waals surface area contributed by atoms with E-state index in [1.807, 2.05) is 4.90 Å². The number of nitrogen functional groups attached to an aromatic ring is 1. The number of thiophene rings is 1. The van der Waals surface area contributed by atoms with Gasteiger partial charge in [-0.1, -0.05) is 0 Å². The van der Waals surface area contributed by atoms with Crippen LogP contribution in [-0.4, -0.2) is 53.3 Å². The van der Waals surface area contributed by atoms with Crippen LogP contribution in [0.15, 0.2) is 12.1 Å². The molecule has 2 saturated heterocycles. The van der Waals surface area contributed by atoms with Gasteiger partial charge >= 0.3 is 0 Å². The number of carbonyl (C=O) groups is 1. The van der Waals surface area contributed by atoms with Gasteiger partial charge in [0.05, 0.1) is 24.0 Å². The molecule has 0 bridgehead atoms. The number of aryl methyl sites for hydroxylation is 2. The van der Waals surface area contributed by atoms with Crippen LogP contribution in [0.1, 0.15) is 52.3 Å².